The molecule has 2 saturated carbocycles. The van der Waals surface area contributed by atoms with Gasteiger partial charge in [-0.15, -0.1) is 0 Å². The minimum absolute atomic E-state index is 0.0163. The molecule has 0 heterocycles. The molecule has 5 nitrogen and oxygen atoms in total. The molecule has 1 atom stereocenters. The van der Waals surface area contributed by atoms with E-state index in [1.54, 1.807) is 4.90 Å². The first-order chi connectivity index (χ1) is 10.1. The van der Waals surface area contributed by atoms with Crippen molar-refractivity contribution in [2.75, 3.05) is 6.54 Å². The third-order valence-corrected chi connectivity index (χ3v) is 4.93. The largest absolute Gasteiger partial charge is 0.352 e. The molecular weight excluding hydrogens is 266 g/mol. The van der Waals surface area contributed by atoms with Crippen molar-refractivity contribution in [1.82, 2.24) is 10.2 Å². The molecule has 21 heavy (non-hydrogen) atoms. The molecule has 0 spiro atoms. The Morgan fingerprint density at radius 3 is 2.24 bits per heavy atom. The van der Waals surface area contributed by atoms with Crippen molar-refractivity contribution in [2.24, 2.45) is 5.73 Å². The molecular formula is C16H29N3O2. The van der Waals surface area contributed by atoms with Gasteiger partial charge in [0.15, 0.2) is 0 Å². The van der Waals surface area contributed by atoms with Gasteiger partial charge in [-0.1, -0.05) is 32.1 Å². The normalized spacial score (nSPS) is 22.0. The second-order valence-electron chi connectivity index (χ2n) is 6.46. The van der Waals surface area contributed by atoms with E-state index in [4.69, 9.17) is 5.73 Å². The summed E-state index contributed by atoms with van der Waals surface area (Å²) in [5.74, 6) is -0.120. The van der Waals surface area contributed by atoms with E-state index in [-0.39, 0.29) is 24.4 Å². The van der Waals surface area contributed by atoms with Crippen molar-refractivity contribution < 1.29 is 9.59 Å². The lowest BCUT2D eigenvalue weighted by molar-refractivity contribution is -0.142. The summed E-state index contributed by atoms with van der Waals surface area (Å²) in [6.45, 7) is 1.82. The van der Waals surface area contributed by atoms with E-state index in [1.807, 2.05) is 6.92 Å². The zero-order chi connectivity index (χ0) is 15.2. The number of nitrogens with two attached hydrogens (primary N) is 1. The average molecular weight is 295 g/mol. The smallest absolute Gasteiger partial charge is 0.242 e. The zero-order valence-electron chi connectivity index (χ0n) is 13.1. The number of nitrogens with one attached hydrogen (secondary N) is 1. The summed E-state index contributed by atoms with van der Waals surface area (Å²) in [6, 6.07) is 0.0602. The summed E-state index contributed by atoms with van der Waals surface area (Å²) in [7, 11) is 0. The fourth-order valence-electron chi connectivity index (χ4n) is 3.72. The van der Waals surface area contributed by atoms with E-state index in [2.05, 4.69) is 5.32 Å². The Labute approximate surface area is 127 Å². The number of hydrogen-bond acceptors (Lipinski definition) is 3. The molecule has 120 valence electrons. The fraction of sp³-hybridized carbons (Fsp3) is 0.875. The van der Waals surface area contributed by atoms with Gasteiger partial charge in [0, 0.05) is 12.1 Å². The van der Waals surface area contributed by atoms with Gasteiger partial charge in [-0.25, -0.2) is 0 Å². The highest BCUT2D eigenvalue weighted by Gasteiger charge is 2.33. The Morgan fingerprint density at radius 1 is 1.10 bits per heavy atom. The van der Waals surface area contributed by atoms with Crippen LogP contribution >= 0.6 is 0 Å². The Hall–Kier alpha value is -1.10. The van der Waals surface area contributed by atoms with Gasteiger partial charge in [0.05, 0.1) is 6.54 Å². The maximum Gasteiger partial charge on any atom is 0.242 e. The first kappa shape index (κ1) is 16.3. The fourth-order valence-corrected chi connectivity index (χ4v) is 3.72. The van der Waals surface area contributed by atoms with E-state index < -0.39 is 6.04 Å². The summed E-state index contributed by atoms with van der Waals surface area (Å²) >= 11 is 0. The average Bonchev–Trinajstić information content (AvgIpc) is 3.01. The monoisotopic (exact) mass is 295 g/mol. The number of amides is 2. The lowest BCUT2D eigenvalue weighted by atomic mass is 9.93. The maximum absolute atomic E-state index is 12.5. The molecule has 2 aliphatic carbocycles. The first-order valence-corrected chi connectivity index (χ1v) is 8.45. The van der Waals surface area contributed by atoms with Crippen LogP contribution in [0.4, 0.5) is 0 Å². The van der Waals surface area contributed by atoms with Crippen LogP contribution in [0, 0.1) is 0 Å². The number of rotatable bonds is 5. The Morgan fingerprint density at radius 2 is 1.67 bits per heavy atom. The molecule has 3 N–H and O–H groups in total. The molecule has 0 unspecified atom stereocenters. The number of nitrogens with zero attached hydrogens (tertiary/aromatic N) is 1. The van der Waals surface area contributed by atoms with Crippen LogP contribution in [-0.4, -0.2) is 41.4 Å². The van der Waals surface area contributed by atoms with Crippen LogP contribution in [0.1, 0.15) is 64.7 Å². The lowest BCUT2D eigenvalue weighted by Crippen LogP contribution is -2.55. The zero-order valence-corrected chi connectivity index (χ0v) is 13.1. The minimum atomic E-state index is -0.412. The molecule has 0 bridgehead atoms. The SMILES string of the molecule is C[C@H](C(=O)NC1CCCC1)N(C(=O)CN)C1CCCCC1. The van der Waals surface area contributed by atoms with E-state index in [0.29, 0.717) is 6.04 Å². The summed E-state index contributed by atoms with van der Waals surface area (Å²) < 4.78 is 0. The van der Waals surface area contributed by atoms with Crippen molar-refractivity contribution in [3.05, 3.63) is 0 Å². The van der Waals surface area contributed by atoms with Crippen LogP contribution in [0.25, 0.3) is 0 Å². The van der Waals surface area contributed by atoms with Gasteiger partial charge in [-0.05, 0) is 32.6 Å². The van der Waals surface area contributed by atoms with Gasteiger partial charge in [-0.3, -0.25) is 9.59 Å². The summed E-state index contributed by atoms with van der Waals surface area (Å²) in [4.78, 5) is 26.4. The molecule has 0 saturated heterocycles. The summed E-state index contributed by atoms with van der Waals surface area (Å²) in [5.41, 5.74) is 5.56. The lowest BCUT2D eigenvalue weighted by Gasteiger charge is -2.38. The Balaban J connectivity index is 1.99. The highest BCUT2D eigenvalue weighted by atomic mass is 16.2. The van der Waals surface area contributed by atoms with Crippen molar-refractivity contribution in [3.63, 3.8) is 0 Å². The number of hydrogen-bond donors (Lipinski definition) is 2. The van der Waals surface area contributed by atoms with Crippen molar-refractivity contribution in [1.29, 1.82) is 0 Å². The van der Waals surface area contributed by atoms with Gasteiger partial charge < -0.3 is 16.0 Å². The highest BCUT2D eigenvalue weighted by molar-refractivity contribution is 5.88. The maximum atomic E-state index is 12.5. The molecule has 0 aliphatic heterocycles. The molecule has 2 rings (SSSR count). The Bertz CT molecular complexity index is 361. The van der Waals surface area contributed by atoms with Crippen molar-refractivity contribution in [2.45, 2.75) is 82.8 Å². The topological polar surface area (TPSA) is 75.4 Å². The highest BCUT2D eigenvalue weighted by Crippen LogP contribution is 2.25. The third kappa shape index (κ3) is 4.19. The van der Waals surface area contributed by atoms with Gasteiger partial charge in [0.1, 0.15) is 6.04 Å². The van der Waals surface area contributed by atoms with Crippen LogP contribution in [0.3, 0.4) is 0 Å². The van der Waals surface area contributed by atoms with Gasteiger partial charge >= 0.3 is 0 Å². The molecule has 0 radical (unpaired) electrons. The van der Waals surface area contributed by atoms with Crippen LogP contribution in [0.5, 0.6) is 0 Å². The molecule has 2 aliphatic rings. The van der Waals surface area contributed by atoms with Crippen LogP contribution < -0.4 is 11.1 Å². The molecule has 5 heteroatoms. The predicted octanol–water partition coefficient (Wildman–Crippen LogP) is 1.55. The van der Waals surface area contributed by atoms with Crippen molar-refractivity contribution >= 4 is 11.8 Å². The molecule has 2 amide bonds. The third-order valence-electron chi connectivity index (χ3n) is 4.93. The molecule has 2 fully saturated rings. The predicted molar refractivity (Wildman–Crippen MR) is 82.6 cm³/mol. The van der Waals surface area contributed by atoms with E-state index >= 15 is 0 Å². The van der Waals surface area contributed by atoms with E-state index in [0.717, 1.165) is 38.5 Å². The van der Waals surface area contributed by atoms with Gasteiger partial charge in [0.25, 0.3) is 0 Å². The van der Waals surface area contributed by atoms with Crippen LogP contribution in [0.15, 0.2) is 0 Å². The minimum Gasteiger partial charge on any atom is -0.352 e. The molecule has 0 aromatic carbocycles. The quantitative estimate of drug-likeness (QED) is 0.808. The Kier molecular flexibility index (Phi) is 6.03. The summed E-state index contributed by atoms with van der Waals surface area (Å²) in [5, 5.41) is 3.10. The number of carbonyl (C=O) groups is 2. The summed E-state index contributed by atoms with van der Waals surface area (Å²) in [6.07, 6.45) is 9.98. The first-order valence-electron chi connectivity index (χ1n) is 8.45. The van der Waals surface area contributed by atoms with Gasteiger partial charge in [0.2, 0.25) is 11.8 Å². The van der Waals surface area contributed by atoms with E-state index in [1.165, 1.54) is 19.3 Å². The second kappa shape index (κ2) is 7.78. The standard InChI is InChI=1S/C16H29N3O2/c1-12(16(21)18-13-7-5-6-8-13)19(15(20)11-17)14-9-3-2-4-10-14/h12-14H,2-11,17H2,1H3,(H,18,21)/t12-/m1/s1. The van der Waals surface area contributed by atoms with Crippen LogP contribution in [-0.2, 0) is 9.59 Å². The van der Waals surface area contributed by atoms with Gasteiger partial charge in [-0.2, -0.15) is 0 Å². The van der Waals surface area contributed by atoms with E-state index in [9.17, 15) is 9.59 Å². The van der Waals surface area contributed by atoms with Crippen LogP contribution in [0.2, 0.25) is 0 Å². The molecule has 0 aromatic heterocycles. The second-order valence-corrected chi connectivity index (χ2v) is 6.46. The molecule has 0 aromatic rings. The number of carbonyl (C=O) groups excluding carboxylic acids is 2. The van der Waals surface area contributed by atoms with Crippen molar-refractivity contribution in [3.8, 4) is 0 Å².